The van der Waals surface area contributed by atoms with Crippen LogP contribution in [0, 0.1) is 5.82 Å². The van der Waals surface area contributed by atoms with Crippen molar-refractivity contribution in [3.63, 3.8) is 0 Å². The van der Waals surface area contributed by atoms with E-state index in [9.17, 15) is 4.39 Å². The summed E-state index contributed by atoms with van der Waals surface area (Å²) in [6.07, 6.45) is 11.8. The van der Waals surface area contributed by atoms with Crippen molar-refractivity contribution >= 4 is 22.4 Å². The van der Waals surface area contributed by atoms with E-state index in [2.05, 4.69) is 31.6 Å². The maximum atomic E-state index is 13.9. The molecule has 3 aromatic heterocycles. The smallest absolute Gasteiger partial charge is 0.137 e. The molecular weight excluding hydrogens is 451 g/mol. The zero-order valence-corrected chi connectivity index (χ0v) is 20.4. The third-order valence-corrected chi connectivity index (χ3v) is 7.33. The number of fused-ring (bicyclic) bond motifs is 1. The Morgan fingerprint density at radius 1 is 0.889 bits per heavy atom. The summed E-state index contributed by atoms with van der Waals surface area (Å²) < 4.78 is 13.9. The Labute approximate surface area is 211 Å². The Morgan fingerprint density at radius 3 is 2.50 bits per heavy atom. The quantitative estimate of drug-likeness (QED) is 0.383. The number of hydrogen-bond acceptors (Lipinski definition) is 6. The molecule has 0 spiro atoms. The molecule has 36 heavy (non-hydrogen) atoms. The van der Waals surface area contributed by atoms with Gasteiger partial charge in [0, 0.05) is 72.7 Å². The number of halogens is 1. The van der Waals surface area contributed by atoms with Crippen LogP contribution in [0.4, 0.5) is 16.0 Å². The standard InChI is InChI=1S/C29H31FN6/c30-22-8-6-20(7-9-22)27-25-19-32-12-11-24(25)29(36-16-14-31-15-17-36)35-28(27)21-10-13-33-26(18-21)34-23-4-2-1-3-5-23/h6-13,18-19,23,31H,1-5,14-17H2,(H,33,34). The van der Waals surface area contributed by atoms with Gasteiger partial charge in [-0.1, -0.05) is 31.4 Å². The number of hydrogen-bond donors (Lipinski definition) is 2. The first-order valence-corrected chi connectivity index (χ1v) is 13.0. The van der Waals surface area contributed by atoms with Crippen LogP contribution in [0.2, 0.25) is 0 Å². The summed E-state index contributed by atoms with van der Waals surface area (Å²) in [5.41, 5.74) is 3.74. The molecule has 2 fully saturated rings. The van der Waals surface area contributed by atoms with Crippen molar-refractivity contribution in [2.24, 2.45) is 0 Å². The molecule has 1 saturated heterocycles. The fraction of sp³-hybridized carbons (Fsp3) is 0.345. The lowest BCUT2D eigenvalue weighted by atomic mass is 9.94. The second-order valence-corrected chi connectivity index (χ2v) is 9.73. The van der Waals surface area contributed by atoms with Gasteiger partial charge in [0.05, 0.1) is 5.69 Å². The maximum absolute atomic E-state index is 13.9. The minimum Gasteiger partial charge on any atom is -0.367 e. The van der Waals surface area contributed by atoms with Gasteiger partial charge in [-0.15, -0.1) is 0 Å². The summed E-state index contributed by atoms with van der Waals surface area (Å²) >= 11 is 0. The van der Waals surface area contributed by atoms with E-state index >= 15 is 0 Å². The lowest BCUT2D eigenvalue weighted by Gasteiger charge is -2.30. The molecule has 4 heterocycles. The normalized spacial score (nSPS) is 16.9. The highest BCUT2D eigenvalue weighted by Gasteiger charge is 2.22. The van der Waals surface area contributed by atoms with Crippen molar-refractivity contribution in [3.8, 4) is 22.4 Å². The molecule has 1 aromatic carbocycles. The Bertz CT molecular complexity index is 1340. The third kappa shape index (κ3) is 4.63. The number of anilines is 2. The topological polar surface area (TPSA) is 66.0 Å². The van der Waals surface area contributed by atoms with E-state index in [0.717, 1.165) is 71.0 Å². The molecule has 6 rings (SSSR count). The Morgan fingerprint density at radius 2 is 1.69 bits per heavy atom. The van der Waals surface area contributed by atoms with Crippen molar-refractivity contribution in [2.75, 3.05) is 36.4 Å². The number of piperazine rings is 1. The van der Waals surface area contributed by atoms with Crippen molar-refractivity contribution in [2.45, 2.75) is 38.1 Å². The lowest BCUT2D eigenvalue weighted by molar-refractivity contribution is 0.462. The fourth-order valence-corrected chi connectivity index (χ4v) is 5.49. The summed E-state index contributed by atoms with van der Waals surface area (Å²) in [6, 6.07) is 13.3. The summed E-state index contributed by atoms with van der Waals surface area (Å²) in [6.45, 7) is 3.64. The van der Waals surface area contributed by atoms with Gasteiger partial charge in [0.15, 0.2) is 0 Å². The number of pyridine rings is 3. The molecule has 0 atom stereocenters. The second kappa shape index (κ2) is 10.2. The van der Waals surface area contributed by atoms with Crippen LogP contribution < -0.4 is 15.5 Å². The first-order valence-electron chi connectivity index (χ1n) is 13.0. The van der Waals surface area contributed by atoms with E-state index in [1.165, 1.54) is 44.2 Å². The minimum atomic E-state index is -0.254. The molecule has 1 aliphatic carbocycles. The average Bonchev–Trinajstić information content (AvgIpc) is 2.94. The van der Waals surface area contributed by atoms with Crippen LogP contribution in [-0.2, 0) is 0 Å². The van der Waals surface area contributed by atoms with Gasteiger partial charge in [-0.2, -0.15) is 0 Å². The van der Waals surface area contributed by atoms with Gasteiger partial charge < -0.3 is 15.5 Å². The zero-order valence-electron chi connectivity index (χ0n) is 20.4. The molecule has 2 N–H and O–H groups in total. The molecule has 7 heteroatoms. The van der Waals surface area contributed by atoms with Crippen molar-refractivity contribution in [3.05, 3.63) is 66.9 Å². The highest BCUT2D eigenvalue weighted by atomic mass is 19.1. The SMILES string of the molecule is Fc1ccc(-c2c(-c3ccnc(NC4CCCCC4)c3)nc(N3CCNCC3)c3ccncc23)cc1. The number of nitrogens with zero attached hydrogens (tertiary/aromatic N) is 4. The Balaban J connectivity index is 1.53. The summed E-state index contributed by atoms with van der Waals surface area (Å²) in [4.78, 5) is 16.8. The van der Waals surface area contributed by atoms with E-state index < -0.39 is 0 Å². The lowest BCUT2D eigenvalue weighted by Crippen LogP contribution is -2.44. The molecule has 0 unspecified atom stereocenters. The van der Waals surface area contributed by atoms with Crippen LogP contribution in [0.5, 0.6) is 0 Å². The molecule has 184 valence electrons. The predicted molar refractivity (Wildman–Crippen MR) is 144 cm³/mol. The molecular formula is C29H31FN6. The number of aromatic nitrogens is 3. The maximum Gasteiger partial charge on any atom is 0.137 e. The van der Waals surface area contributed by atoms with Crippen LogP contribution in [0.1, 0.15) is 32.1 Å². The van der Waals surface area contributed by atoms with Crippen LogP contribution in [0.3, 0.4) is 0 Å². The zero-order chi connectivity index (χ0) is 24.3. The third-order valence-electron chi connectivity index (χ3n) is 7.33. The van der Waals surface area contributed by atoms with Gasteiger partial charge in [-0.25, -0.2) is 14.4 Å². The molecule has 6 nitrogen and oxygen atoms in total. The minimum absolute atomic E-state index is 0.254. The Hall–Kier alpha value is -3.58. The van der Waals surface area contributed by atoms with Crippen LogP contribution >= 0.6 is 0 Å². The molecule has 1 saturated carbocycles. The van der Waals surface area contributed by atoms with E-state index in [1.54, 1.807) is 0 Å². The highest BCUT2D eigenvalue weighted by molar-refractivity contribution is 6.07. The number of benzene rings is 1. The van der Waals surface area contributed by atoms with Gasteiger partial charge in [-0.05, 0) is 48.7 Å². The van der Waals surface area contributed by atoms with Gasteiger partial charge in [-0.3, -0.25) is 4.98 Å². The van der Waals surface area contributed by atoms with Crippen molar-refractivity contribution in [1.82, 2.24) is 20.3 Å². The van der Waals surface area contributed by atoms with Gasteiger partial charge in [0.25, 0.3) is 0 Å². The van der Waals surface area contributed by atoms with Gasteiger partial charge in [0.2, 0.25) is 0 Å². The fourth-order valence-electron chi connectivity index (χ4n) is 5.49. The first-order chi connectivity index (χ1) is 17.8. The number of rotatable bonds is 5. The van der Waals surface area contributed by atoms with Crippen LogP contribution in [0.15, 0.2) is 61.1 Å². The van der Waals surface area contributed by atoms with Crippen LogP contribution in [0.25, 0.3) is 33.2 Å². The Kier molecular flexibility index (Phi) is 6.47. The molecule has 4 aromatic rings. The monoisotopic (exact) mass is 482 g/mol. The van der Waals surface area contributed by atoms with Gasteiger partial charge in [0.1, 0.15) is 17.5 Å². The average molecular weight is 483 g/mol. The summed E-state index contributed by atoms with van der Waals surface area (Å²) in [7, 11) is 0. The second-order valence-electron chi connectivity index (χ2n) is 9.73. The molecule has 0 radical (unpaired) electrons. The molecule has 0 amide bonds. The predicted octanol–water partition coefficient (Wildman–Crippen LogP) is 5.65. The molecule has 2 aliphatic rings. The first kappa shape index (κ1) is 22.9. The molecule has 1 aliphatic heterocycles. The number of nitrogens with one attached hydrogen (secondary N) is 2. The van der Waals surface area contributed by atoms with Gasteiger partial charge >= 0.3 is 0 Å². The van der Waals surface area contributed by atoms with Crippen molar-refractivity contribution < 1.29 is 4.39 Å². The largest absolute Gasteiger partial charge is 0.367 e. The van der Waals surface area contributed by atoms with Crippen LogP contribution in [-0.4, -0.2) is 47.2 Å². The van der Waals surface area contributed by atoms with Crippen molar-refractivity contribution in [1.29, 1.82) is 0 Å². The highest BCUT2D eigenvalue weighted by Crippen LogP contribution is 2.40. The molecule has 0 bridgehead atoms. The van der Waals surface area contributed by atoms with E-state index in [-0.39, 0.29) is 5.82 Å². The van der Waals surface area contributed by atoms with E-state index in [0.29, 0.717) is 6.04 Å². The van der Waals surface area contributed by atoms with E-state index in [1.807, 2.05) is 42.9 Å². The summed E-state index contributed by atoms with van der Waals surface area (Å²) in [5, 5.41) is 9.16. The van der Waals surface area contributed by atoms with E-state index in [4.69, 9.17) is 4.98 Å². The summed E-state index contributed by atoms with van der Waals surface area (Å²) in [5.74, 6) is 1.59.